The summed E-state index contributed by atoms with van der Waals surface area (Å²) in [5, 5.41) is 0. The van der Waals surface area contributed by atoms with Gasteiger partial charge in [-0.2, -0.15) is 0 Å². The standard InChI is InChI=1S/C21H27NO4S/c1-5-6-15-26-20(23)16-7-11-18(12-8-16)22-27(24,25)19-13-9-17(10-14-19)21(2,3)4/h7-14,22H,5-6,15H2,1-4H3. The van der Waals surface area contributed by atoms with Crippen molar-refractivity contribution in [1.29, 1.82) is 0 Å². The van der Waals surface area contributed by atoms with Gasteiger partial charge in [0.25, 0.3) is 10.0 Å². The van der Waals surface area contributed by atoms with Crippen molar-refractivity contribution in [2.75, 3.05) is 11.3 Å². The van der Waals surface area contributed by atoms with Crippen molar-refractivity contribution in [3.63, 3.8) is 0 Å². The molecule has 2 aromatic carbocycles. The number of ether oxygens (including phenoxy) is 1. The van der Waals surface area contributed by atoms with Crippen LogP contribution < -0.4 is 4.72 Å². The highest BCUT2D eigenvalue weighted by Crippen LogP contribution is 2.24. The molecule has 0 aliphatic heterocycles. The van der Waals surface area contributed by atoms with E-state index >= 15 is 0 Å². The summed E-state index contributed by atoms with van der Waals surface area (Å²) in [5.41, 5.74) is 1.80. The predicted octanol–water partition coefficient (Wildman–Crippen LogP) is 4.74. The summed E-state index contributed by atoms with van der Waals surface area (Å²) >= 11 is 0. The smallest absolute Gasteiger partial charge is 0.338 e. The molecule has 0 fully saturated rings. The van der Waals surface area contributed by atoms with Gasteiger partial charge < -0.3 is 4.74 Å². The Morgan fingerprint density at radius 1 is 1.00 bits per heavy atom. The second kappa shape index (κ2) is 8.57. The molecule has 0 heterocycles. The highest BCUT2D eigenvalue weighted by molar-refractivity contribution is 7.92. The Labute approximate surface area is 161 Å². The molecule has 0 spiro atoms. The van der Waals surface area contributed by atoms with Crippen LogP contribution in [0.1, 0.15) is 56.5 Å². The number of anilines is 1. The van der Waals surface area contributed by atoms with Gasteiger partial charge in [-0.05, 0) is 53.8 Å². The predicted molar refractivity (Wildman–Crippen MR) is 108 cm³/mol. The van der Waals surface area contributed by atoms with Gasteiger partial charge in [0.2, 0.25) is 0 Å². The van der Waals surface area contributed by atoms with E-state index in [4.69, 9.17) is 4.74 Å². The maximum absolute atomic E-state index is 12.6. The van der Waals surface area contributed by atoms with Crippen LogP contribution in [0.4, 0.5) is 5.69 Å². The third-order valence-corrected chi connectivity index (χ3v) is 5.53. The molecule has 0 aromatic heterocycles. The number of unbranched alkanes of at least 4 members (excludes halogenated alkanes) is 1. The molecule has 0 aliphatic carbocycles. The molecule has 1 N–H and O–H groups in total. The van der Waals surface area contributed by atoms with E-state index in [2.05, 4.69) is 25.5 Å². The molecule has 0 unspecified atom stereocenters. The van der Waals surface area contributed by atoms with Crippen molar-refractivity contribution in [3.05, 3.63) is 59.7 Å². The van der Waals surface area contributed by atoms with Crippen LogP contribution in [-0.2, 0) is 20.2 Å². The Kier molecular flexibility index (Phi) is 6.65. The maximum atomic E-state index is 12.6. The molecule has 146 valence electrons. The first-order valence-electron chi connectivity index (χ1n) is 9.04. The van der Waals surface area contributed by atoms with Crippen LogP contribution in [0.3, 0.4) is 0 Å². The highest BCUT2D eigenvalue weighted by atomic mass is 32.2. The van der Waals surface area contributed by atoms with Gasteiger partial charge in [0.1, 0.15) is 0 Å². The van der Waals surface area contributed by atoms with Crippen molar-refractivity contribution < 1.29 is 17.9 Å². The lowest BCUT2D eigenvalue weighted by Crippen LogP contribution is -2.15. The number of esters is 1. The minimum atomic E-state index is -3.69. The molecule has 6 heteroatoms. The van der Waals surface area contributed by atoms with Crippen LogP contribution >= 0.6 is 0 Å². The lowest BCUT2D eigenvalue weighted by atomic mass is 9.87. The van der Waals surface area contributed by atoms with Gasteiger partial charge in [-0.15, -0.1) is 0 Å². The third kappa shape index (κ3) is 5.82. The molecule has 2 aromatic rings. The molecular formula is C21H27NO4S. The summed E-state index contributed by atoms with van der Waals surface area (Å²) in [6.45, 7) is 8.62. The van der Waals surface area contributed by atoms with Crippen molar-refractivity contribution in [1.82, 2.24) is 0 Å². The van der Waals surface area contributed by atoms with E-state index in [1.165, 1.54) is 0 Å². The molecule has 0 bridgehead atoms. The summed E-state index contributed by atoms with van der Waals surface area (Å²) in [7, 11) is -3.69. The first-order valence-corrected chi connectivity index (χ1v) is 10.5. The molecule has 0 aliphatic rings. The number of nitrogens with one attached hydrogen (secondary N) is 1. The van der Waals surface area contributed by atoms with Crippen LogP contribution in [0, 0.1) is 0 Å². The molecule has 2 rings (SSSR count). The SMILES string of the molecule is CCCCOC(=O)c1ccc(NS(=O)(=O)c2ccc(C(C)(C)C)cc2)cc1. The largest absolute Gasteiger partial charge is 0.462 e. The van der Waals surface area contributed by atoms with Crippen molar-refractivity contribution in [2.24, 2.45) is 0 Å². The fourth-order valence-electron chi connectivity index (χ4n) is 2.42. The first-order chi connectivity index (χ1) is 12.6. The Balaban J connectivity index is 2.08. The number of hydrogen-bond donors (Lipinski definition) is 1. The van der Waals surface area contributed by atoms with Crippen LogP contribution in [0.2, 0.25) is 0 Å². The van der Waals surface area contributed by atoms with Gasteiger partial charge in [0, 0.05) is 5.69 Å². The second-order valence-electron chi connectivity index (χ2n) is 7.45. The lowest BCUT2D eigenvalue weighted by molar-refractivity contribution is 0.0500. The van der Waals surface area contributed by atoms with E-state index in [1.807, 2.05) is 19.1 Å². The van der Waals surface area contributed by atoms with Gasteiger partial charge in [-0.3, -0.25) is 4.72 Å². The Bertz CT molecular complexity index is 864. The van der Waals surface area contributed by atoms with Crippen LogP contribution in [0.25, 0.3) is 0 Å². The van der Waals surface area contributed by atoms with E-state index in [-0.39, 0.29) is 10.3 Å². The molecule has 0 amide bonds. The quantitative estimate of drug-likeness (QED) is 0.548. The number of hydrogen-bond acceptors (Lipinski definition) is 4. The molecule has 0 radical (unpaired) electrons. The highest BCUT2D eigenvalue weighted by Gasteiger charge is 2.18. The molecule has 27 heavy (non-hydrogen) atoms. The molecule has 0 saturated heterocycles. The summed E-state index contributed by atoms with van der Waals surface area (Å²) in [5.74, 6) is -0.407. The summed E-state index contributed by atoms with van der Waals surface area (Å²) in [6, 6.07) is 13.1. The average molecular weight is 390 g/mol. The number of carbonyl (C=O) groups excluding carboxylic acids is 1. The lowest BCUT2D eigenvalue weighted by Gasteiger charge is -2.19. The van der Waals surface area contributed by atoms with Gasteiger partial charge in [0.05, 0.1) is 17.1 Å². The Morgan fingerprint density at radius 2 is 1.59 bits per heavy atom. The zero-order valence-electron chi connectivity index (χ0n) is 16.3. The summed E-state index contributed by atoms with van der Waals surface area (Å²) in [6.07, 6.45) is 1.77. The van der Waals surface area contributed by atoms with E-state index in [0.717, 1.165) is 18.4 Å². The van der Waals surface area contributed by atoms with Gasteiger partial charge in [0.15, 0.2) is 0 Å². The topological polar surface area (TPSA) is 72.5 Å². The fourth-order valence-corrected chi connectivity index (χ4v) is 3.47. The molecule has 5 nitrogen and oxygen atoms in total. The van der Waals surface area contributed by atoms with Gasteiger partial charge in [-0.1, -0.05) is 46.2 Å². The molecule has 0 atom stereocenters. The minimum absolute atomic E-state index is 0.0444. The number of benzene rings is 2. The van der Waals surface area contributed by atoms with Crippen molar-refractivity contribution >= 4 is 21.7 Å². The Hall–Kier alpha value is -2.34. The monoisotopic (exact) mass is 389 g/mol. The van der Waals surface area contributed by atoms with Gasteiger partial charge in [-0.25, -0.2) is 13.2 Å². The van der Waals surface area contributed by atoms with E-state index in [9.17, 15) is 13.2 Å². The zero-order valence-corrected chi connectivity index (χ0v) is 17.1. The normalized spacial score (nSPS) is 11.9. The number of rotatable bonds is 7. The fraction of sp³-hybridized carbons (Fsp3) is 0.381. The Morgan fingerprint density at radius 3 is 2.11 bits per heavy atom. The second-order valence-corrected chi connectivity index (χ2v) is 9.13. The van der Waals surface area contributed by atoms with Gasteiger partial charge >= 0.3 is 5.97 Å². The van der Waals surface area contributed by atoms with Crippen LogP contribution in [-0.4, -0.2) is 21.0 Å². The van der Waals surface area contributed by atoms with Crippen molar-refractivity contribution in [2.45, 2.75) is 50.8 Å². The van der Waals surface area contributed by atoms with E-state index < -0.39 is 16.0 Å². The summed E-state index contributed by atoms with van der Waals surface area (Å²) in [4.78, 5) is 12.1. The maximum Gasteiger partial charge on any atom is 0.338 e. The first kappa shape index (κ1) is 21.0. The van der Waals surface area contributed by atoms with Crippen LogP contribution in [0.15, 0.2) is 53.4 Å². The van der Waals surface area contributed by atoms with E-state index in [0.29, 0.717) is 17.9 Å². The number of sulfonamides is 1. The minimum Gasteiger partial charge on any atom is -0.462 e. The molecular weight excluding hydrogens is 362 g/mol. The van der Waals surface area contributed by atoms with Crippen molar-refractivity contribution in [3.8, 4) is 0 Å². The van der Waals surface area contributed by atoms with Crippen LogP contribution in [0.5, 0.6) is 0 Å². The number of carbonyl (C=O) groups is 1. The zero-order chi connectivity index (χ0) is 20.1. The third-order valence-electron chi connectivity index (χ3n) is 4.13. The average Bonchev–Trinajstić information content (AvgIpc) is 2.61. The van der Waals surface area contributed by atoms with E-state index in [1.54, 1.807) is 36.4 Å². The summed E-state index contributed by atoms with van der Waals surface area (Å²) < 4.78 is 32.8. The molecule has 0 saturated carbocycles.